The summed E-state index contributed by atoms with van der Waals surface area (Å²) in [5.41, 5.74) is 7.65. The van der Waals surface area contributed by atoms with Gasteiger partial charge < -0.3 is 9.88 Å². The highest BCUT2D eigenvalue weighted by Gasteiger charge is 2.14. The Morgan fingerprint density at radius 3 is 2.28 bits per heavy atom. The molecule has 1 N–H and O–H groups in total. The van der Waals surface area contributed by atoms with Crippen molar-refractivity contribution in [2.75, 3.05) is 0 Å². The van der Waals surface area contributed by atoms with Gasteiger partial charge in [-0.15, -0.1) is 12.4 Å². The van der Waals surface area contributed by atoms with E-state index in [1.807, 2.05) is 18.2 Å². The van der Waals surface area contributed by atoms with Crippen LogP contribution in [0.1, 0.15) is 27.9 Å². The lowest BCUT2D eigenvalue weighted by Crippen LogP contribution is -2.13. The van der Waals surface area contributed by atoms with Gasteiger partial charge in [-0.25, -0.2) is 0 Å². The predicted molar refractivity (Wildman–Crippen MR) is 126 cm³/mol. The minimum Gasteiger partial charge on any atom is -0.340 e. The lowest BCUT2D eigenvalue weighted by Gasteiger charge is -2.11. The van der Waals surface area contributed by atoms with Gasteiger partial charge in [0, 0.05) is 41.3 Å². The summed E-state index contributed by atoms with van der Waals surface area (Å²) in [7, 11) is 0. The van der Waals surface area contributed by atoms with Crippen molar-refractivity contribution in [2.45, 2.75) is 33.5 Å². The summed E-state index contributed by atoms with van der Waals surface area (Å²) in [5, 5.41) is 5.75. The van der Waals surface area contributed by atoms with Crippen LogP contribution in [0.3, 0.4) is 0 Å². The Labute approximate surface area is 183 Å². The molecule has 0 atom stereocenters. The Morgan fingerprint density at radius 1 is 0.828 bits per heavy atom. The first-order valence-corrected chi connectivity index (χ1v) is 10.1. The van der Waals surface area contributed by atoms with Crippen LogP contribution >= 0.6 is 24.0 Å². The molecular weight excluding hydrogens is 399 g/mol. The first kappa shape index (κ1) is 21.4. The number of hydrogen-bond donors (Lipinski definition) is 1. The molecule has 0 fully saturated rings. The quantitative estimate of drug-likeness (QED) is 0.365. The van der Waals surface area contributed by atoms with E-state index in [0.29, 0.717) is 0 Å². The van der Waals surface area contributed by atoms with Crippen LogP contribution in [-0.4, -0.2) is 4.57 Å². The van der Waals surface area contributed by atoms with Gasteiger partial charge in [-0.05, 0) is 42.7 Å². The van der Waals surface area contributed by atoms with Crippen LogP contribution < -0.4 is 5.32 Å². The second-order valence-corrected chi connectivity index (χ2v) is 7.76. The molecule has 29 heavy (non-hydrogen) atoms. The zero-order valence-electron chi connectivity index (χ0n) is 16.8. The molecule has 0 amide bonds. The minimum atomic E-state index is 0. The van der Waals surface area contributed by atoms with E-state index in [0.717, 1.165) is 30.2 Å². The van der Waals surface area contributed by atoms with Gasteiger partial charge in [0.2, 0.25) is 0 Å². The smallest absolute Gasteiger partial charge is 0.0493 e. The van der Waals surface area contributed by atoms with E-state index in [-0.39, 0.29) is 12.4 Å². The molecule has 4 rings (SSSR count). The monoisotopic (exact) mass is 424 g/mol. The molecule has 150 valence electrons. The van der Waals surface area contributed by atoms with Crippen LogP contribution in [0.2, 0.25) is 5.02 Å². The third-order valence-corrected chi connectivity index (χ3v) is 5.77. The maximum absolute atomic E-state index is 6.42. The molecule has 4 aromatic rings. The van der Waals surface area contributed by atoms with E-state index in [2.05, 4.69) is 78.3 Å². The number of rotatable bonds is 6. The van der Waals surface area contributed by atoms with E-state index >= 15 is 0 Å². The van der Waals surface area contributed by atoms with E-state index in [9.17, 15) is 0 Å². The van der Waals surface area contributed by atoms with E-state index in [1.54, 1.807) is 0 Å². The van der Waals surface area contributed by atoms with Crippen LogP contribution in [0.15, 0.2) is 72.8 Å². The Balaban J connectivity index is 0.00000240. The van der Waals surface area contributed by atoms with Gasteiger partial charge in [0.15, 0.2) is 0 Å². The zero-order valence-corrected chi connectivity index (χ0v) is 18.4. The van der Waals surface area contributed by atoms with Crippen LogP contribution in [0.5, 0.6) is 0 Å². The summed E-state index contributed by atoms with van der Waals surface area (Å²) < 4.78 is 2.37. The zero-order chi connectivity index (χ0) is 19.5. The van der Waals surface area contributed by atoms with Gasteiger partial charge in [-0.2, -0.15) is 0 Å². The lowest BCUT2D eigenvalue weighted by atomic mass is 10.1. The topological polar surface area (TPSA) is 17.0 Å². The van der Waals surface area contributed by atoms with Crippen molar-refractivity contribution in [3.8, 4) is 0 Å². The van der Waals surface area contributed by atoms with Crippen molar-refractivity contribution in [2.24, 2.45) is 0 Å². The van der Waals surface area contributed by atoms with Crippen molar-refractivity contribution in [3.63, 3.8) is 0 Å². The van der Waals surface area contributed by atoms with Crippen molar-refractivity contribution >= 4 is 34.9 Å². The minimum absolute atomic E-state index is 0. The van der Waals surface area contributed by atoms with E-state index in [4.69, 9.17) is 11.6 Å². The third-order valence-electron chi connectivity index (χ3n) is 5.40. The highest BCUT2D eigenvalue weighted by molar-refractivity contribution is 6.31. The SMILES string of the molecule is Cc1ccc(CNCc2c(C)n(Cc3ccccc3Cl)c3ccccc23)cc1.Cl. The maximum Gasteiger partial charge on any atom is 0.0493 e. The molecule has 1 aromatic heterocycles. The van der Waals surface area contributed by atoms with Gasteiger partial charge >= 0.3 is 0 Å². The summed E-state index contributed by atoms with van der Waals surface area (Å²) in [6, 6.07) is 25.4. The number of nitrogens with zero attached hydrogens (tertiary/aromatic N) is 1. The van der Waals surface area contributed by atoms with Crippen LogP contribution in [0, 0.1) is 13.8 Å². The molecular formula is C25H26Cl2N2. The number of halogens is 2. The van der Waals surface area contributed by atoms with Gasteiger partial charge in [-0.3, -0.25) is 0 Å². The highest BCUT2D eigenvalue weighted by Crippen LogP contribution is 2.28. The molecule has 0 radical (unpaired) electrons. The summed E-state index contributed by atoms with van der Waals surface area (Å²) in [6.45, 7) is 6.82. The van der Waals surface area contributed by atoms with E-state index in [1.165, 1.54) is 33.3 Å². The molecule has 0 bridgehead atoms. The standard InChI is InChI=1S/C25H25ClN2.ClH/c1-18-11-13-20(14-12-18)15-27-16-23-19(2)28(25-10-6-4-8-22(23)25)17-21-7-3-5-9-24(21)26;/h3-14,27H,15-17H2,1-2H3;1H. The summed E-state index contributed by atoms with van der Waals surface area (Å²) in [4.78, 5) is 0. The fourth-order valence-corrected chi connectivity index (χ4v) is 3.96. The highest BCUT2D eigenvalue weighted by atomic mass is 35.5. The Hall–Kier alpha value is -2.26. The van der Waals surface area contributed by atoms with Gasteiger partial charge in [0.25, 0.3) is 0 Å². The molecule has 3 aromatic carbocycles. The molecule has 4 heteroatoms. The van der Waals surface area contributed by atoms with Crippen LogP contribution in [0.25, 0.3) is 10.9 Å². The first-order valence-electron chi connectivity index (χ1n) is 9.70. The Bertz CT molecular complexity index is 1100. The number of aryl methyl sites for hydroxylation is 1. The summed E-state index contributed by atoms with van der Waals surface area (Å²) >= 11 is 6.42. The molecule has 0 aliphatic carbocycles. The average molecular weight is 425 g/mol. The number of fused-ring (bicyclic) bond motifs is 1. The van der Waals surface area contributed by atoms with Gasteiger partial charge in [0.05, 0.1) is 0 Å². The number of aromatic nitrogens is 1. The van der Waals surface area contributed by atoms with Crippen molar-refractivity contribution in [1.82, 2.24) is 9.88 Å². The second-order valence-electron chi connectivity index (χ2n) is 7.35. The molecule has 1 heterocycles. The Morgan fingerprint density at radius 2 is 1.52 bits per heavy atom. The second kappa shape index (κ2) is 9.49. The molecule has 0 aliphatic rings. The molecule has 0 unspecified atom stereocenters. The van der Waals surface area contributed by atoms with Crippen LogP contribution in [-0.2, 0) is 19.6 Å². The number of hydrogen-bond acceptors (Lipinski definition) is 1. The number of benzene rings is 3. The largest absolute Gasteiger partial charge is 0.340 e. The number of nitrogens with one attached hydrogen (secondary N) is 1. The number of para-hydroxylation sites is 1. The molecule has 0 saturated carbocycles. The maximum atomic E-state index is 6.42. The summed E-state index contributed by atoms with van der Waals surface area (Å²) in [5.74, 6) is 0. The fraction of sp³-hybridized carbons (Fsp3) is 0.200. The van der Waals surface area contributed by atoms with Gasteiger partial charge in [-0.1, -0.05) is 77.8 Å². The van der Waals surface area contributed by atoms with Crippen LogP contribution in [0.4, 0.5) is 0 Å². The lowest BCUT2D eigenvalue weighted by molar-refractivity contribution is 0.686. The average Bonchev–Trinajstić information content (AvgIpc) is 2.97. The van der Waals surface area contributed by atoms with E-state index < -0.39 is 0 Å². The van der Waals surface area contributed by atoms with Crippen molar-refractivity contribution < 1.29 is 0 Å². The molecule has 2 nitrogen and oxygen atoms in total. The third kappa shape index (κ3) is 4.67. The molecule has 0 spiro atoms. The Kier molecular flexibility index (Phi) is 7.02. The van der Waals surface area contributed by atoms with Crippen molar-refractivity contribution in [3.05, 3.63) is 106 Å². The fourth-order valence-electron chi connectivity index (χ4n) is 3.76. The van der Waals surface area contributed by atoms with Gasteiger partial charge in [0.1, 0.15) is 0 Å². The molecule has 0 aliphatic heterocycles. The summed E-state index contributed by atoms with van der Waals surface area (Å²) in [6.07, 6.45) is 0. The van der Waals surface area contributed by atoms with Crippen molar-refractivity contribution in [1.29, 1.82) is 0 Å². The predicted octanol–water partition coefficient (Wildman–Crippen LogP) is 6.67. The first-order chi connectivity index (χ1) is 13.6. The normalized spacial score (nSPS) is 10.9. The molecule has 0 saturated heterocycles.